The summed E-state index contributed by atoms with van der Waals surface area (Å²) >= 11 is 0. The molecule has 0 aliphatic carbocycles. The summed E-state index contributed by atoms with van der Waals surface area (Å²) in [7, 11) is 0. The van der Waals surface area contributed by atoms with E-state index in [-0.39, 0.29) is 18.0 Å². The molecule has 0 aromatic heterocycles. The first-order valence-corrected chi connectivity index (χ1v) is 6.24. The molecule has 0 aliphatic rings. The minimum absolute atomic E-state index is 0.0251. The van der Waals surface area contributed by atoms with E-state index in [1.807, 2.05) is 0 Å². The maximum atomic E-state index is 13.5. The molecule has 1 unspecified atom stereocenters. The van der Waals surface area contributed by atoms with Gasteiger partial charge in [0.25, 0.3) is 0 Å². The highest BCUT2D eigenvalue weighted by atomic mass is 19.1. The zero-order chi connectivity index (χ0) is 14.5. The van der Waals surface area contributed by atoms with E-state index in [2.05, 4.69) is 0 Å². The van der Waals surface area contributed by atoms with Crippen LogP contribution < -0.4 is 4.74 Å². The van der Waals surface area contributed by atoms with Crippen LogP contribution in [0.4, 0.5) is 4.39 Å². The Morgan fingerprint density at radius 3 is 2.45 bits per heavy atom. The van der Waals surface area contributed by atoms with Gasteiger partial charge in [-0.3, -0.25) is 4.79 Å². The molecule has 0 bridgehead atoms. The number of rotatable bonds is 5. The molecule has 4 heteroatoms. The van der Waals surface area contributed by atoms with Crippen LogP contribution in [-0.4, -0.2) is 17.5 Å². The summed E-state index contributed by atoms with van der Waals surface area (Å²) in [6.45, 7) is 1.43. The summed E-state index contributed by atoms with van der Waals surface area (Å²) in [5.74, 6) is 0.0314. The first-order valence-electron chi connectivity index (χ1n) is 6.24. The Kier molecular flexibility index (Phi) is 4.48. The molecule has 1 atom stereocenters. The molecule has 0 saturated carbocycles. The van der Waals surface area contributed by atoms with E-state index in [1.165, 1.54) is 19.1 Å². The molecule has 0 radical (unpaired) electrons. The van der Waals surface area contributed by atoms with Crippen molar-refractivity contribution in [1.29, 1.82) is 0 Å². The number of hydrogen-bond donors (Lipinski definition) is 1. The Balaban J connectivity index is 1.98. The number of ketones is 1. The van der Waals surface area contributed by atoms with Gasteiger partial charge in [0, 0.05) is 11.1 Å². The normalized spacial score (nSPS) is 11.9. The summed E-state index contributed by atoms with van der Waals surface area (Å²) < 4.78 is 18.8. The van der Waals surface area contributed by atoms with Crippen LogP contribution in [0.2, 0.25) is 0 Å². The lowest BCUT2D eigenvalue weighted by Gasteiger charge is -2.13. The van der Waals surface area contributed by atoms with Gasteiger partial charge in [0.1, 0.15) is 24.3 Å². The second-order valence-corrected chi connectivity index (χ2v) is 4.43. The Hall–Kier alpha value is -2.20. The van der Waals surface area contributed by atoms with Gasteiger partial charge in [-0.1, -0.05) is 18.2 Å². The number of benzene rings is 2. The fraction of sp³-hybridized carbons (Fsp3) is 0.188. The molecule has 0 aliphatic heterocycles. The molecular formula is C16H15FO3. The van der Waals surface area contributed by atoms with Gasteiger partial charge < -0.3 is 9.84 Å². The Morgan fingerprint density at radius 2 is 1.85 bits per heavy atom. The van der Waals surface area contributed by atoms with E-state index in [1.54, 1.807) is 36.4 Å². The van der Waals surface area contributed by atoms with Gasteiger partial charge in [0.15, 0.2) is 5.78 Å². The standard InChI is InChI=1S/C16H15FO3/c1-11(18)12-6-8-13(9-7-12)20-10-16(19)14-4-2-3-5-15(14)17/h2-9,16,19H,10H2,1H3. The average molecular weight is 274 g/mol. The van der Waals surface area contributed by atoms with Crippen LogP contribution in [0.15, 0.2) is 48.5 Å². The molecule has 20 heavy (non-hydrogen) atoms. The maximum Gasteiger partial charge on any atom is 0.159 e. The van der Waals surface area contributed by atoms with Crippen LogP contribution in [-0.2, 0) is 0 Å². The number of hydrogen-bond acceptors (Lipinski definition) is 3. The summed E-state index contributed by atoms with van der Waals surface area (Å²) in [6, 6.07) is 12.6. The molecule has 1 N–H and O–H groups in total. The minimum atomic E-state index is -1.04. The molecule has 2 rings (SSSR count). The predicted molar refractivity (Wildman–Crippen MR) is 73.3 cm³/mol. The first-order chi connectivity index (χ1) is 9.58. The second kappa shape index (κ2) is 6.30. The Labute approximate surface area is 116 Å². The van der Waals surface area contributed by atoms with Crippen molar-refractivity contribution in [3.8, 4) is 5.75 Å². The van der Waals surface area contributed by atoms with Gasteiger partial charge >= 0.3 is 0 Å². The van der Waals surface area contributed by atoms with Crippen LogP contribution in [0.1, 0.15) is 28.9 Å². The Bertz CT molecular complexity index is 593. The average Bonchev–Trinajstić information content (AvgIpc) is 2.45. The smallest absolute Gasteiger partial charge is 0.159 e. The largest absolute Gasteiger partial charge is 0.491 e. The van der Waals surface area contributed by atoms with Crippen molar-refractivity contribution in [2.24, 2.45) is 0 Å². The van der Waals surface area contributed by atoms with Gasteiger partial charge in [0.05, 0.1) is 0 Å². The van der Waals surface area contributed by atoms with E-state index in [9.17, 15) is 14.3 Å². The highest BCUT2D eigenvalue weighted by molar-refractivity contribution is 5.94. The van der Waals surface area contributed by atoms with Crippen LogP contribution >= 0.6 is 0 Å². The number of aliphatic hydroxyl groups excluding tert-OH is 1. The Morgan fingerprint density at radius 1 is 1.20 bits per heavy atom. The van der Waals surface area contributed by atoms with Crippen LogP contribution in [0, 0.1) is 5.82 Å². The van der Waals surface area contributed by atoms with E-state index < -0.39 is 11.9 Å². The molecule has 2 aromatic carbocycles. The molecule has 0 spiro atoms. The van der Waals surface area contributed by atoms with Crippen molar-refractivity contribution in [2.45, 2.75) is 13.0 Å². The van der Waals surface area contributed by atoms with Gasteiger partial charge in [0.2, 0.25) is 0 Å². The van der Waals surface area contributed by atoms with Gasteiger partial charge in [-0.15, -0.1) is 0 Å². The van der Waals surface area contributed by atoms with Crippen LogP contribution in [0.25, 0.3) is 0 Å². The van der Waals surface area contributed by atoms with E-state index in [0.29, 0.717) is 11.3 Å². The summed E-state index contributed by atoms with van der Waals surface area (Å²) in [5.41, 5.74) is 0.792. The third kappa shape index (κ3) is 3.42. The maximum absolute atomic E-state index is 13.5. The number of aliphatic hydroxyl groups is 1. The first kappa shape index (κ1) is 14.2. The highest BCUT2D eigenvalue weighted by Gasteiger charge is 2.12. The number of carbonyl (C=O) groups is 1. The lowest BCUT2D eigenvalue weighted by atomic mass is 10.1. The van der Waals surface area contributed by atoms with Crippen molar-refractivity contribution in [3.05, 3.63) is 65.5 Å². The summed E-state index contributed by atoms with van der Waals surface area (Å²) in [5, 5.41) is 9.89. The quantitative estimate of drug-likeness (QED) is 0.852. The second-order valence-electron chi connectivity index (χ2n) is 4.43. The lowest BCUT2D eigenvalue weighted by Crippen LogP contribution is -2.11. The summed E-state index contributed by atoms with van der Waals surface area (Å²) in [6.07, 6.45) is -1.04. The van der Waals surface area contributed by atoms with E-state index in [0.717, 1.165) is 0 Å². The molecule has 0 fully saturated rings. The van der Waals surface area contributed by atoms with Gasteiger partial charge in [-0.2, -0.15) is 0 Å². The molecule has 104 valence electrons. The fourth-order valence-electron chi connectivity index (χ4n) is 1.80. The SMILES string of the molecule is CC(=O)c1ccc(OCC(O)c2ccccc2F)cc1. The molecule has 0 amide bonds. The minimum Gasteiger partial charge on any atom is -0.491 e. The molecule has 0 saturated heterocycles. The lowest BCUT2D eigenvalue weighted by molar-refractivity contribution is 0.101. The van der Waals surface area contributed by atoms with Crippen molar-refractivity contribution in [3.63, 3.8) is 0 Å². The van der Waals surface area contributed by atoms with E-state index >= 15 is 0 Å². The molecule has 3 nitrogen and oxygen atoms in total. The number of halogens is 1. The summed E-state index contributed by atoms with van der Waals surface area (Å²) in [4.78, 5) is 11.1. The van der Waals surface area contributed by atoms with Crippen LogP contribution in [0.5, 0.6) is 5.75 Å². The fourth-order valence-corrected chi connectivity index (χ4v) is 1.80. The topological polar surface area (TPSA) is 46.5 Å². The third-order valence-electron chi connectivity index (χ3n) is 2.93. The number of carbonyl (C=O) groups excluding carboxylic acids is 1. The monoisotopic (exact) mass is 274 g/mol. The number of Topliss-reactive ketones (excluding diaryl/α,β-unsaturated/α-hetero) is 1. The molecular weight excluding hydrogens is 259 g/mol. The predicted octanol–water partition coefficient (Wildman–Crippen LogP) is 3.14. The zero-order valence-electron chi connectivity index (χ0n) is 11.0. The number of ether oxygens (including phenoxy) is 1. The van der Waals surface area contributed by atoms with Crippen molar-refractivity contribution < 1.29 is 19.0 Å². The van der Waals surface area contributed by atoms with Gasteiger partial charge in [-0.05, 0) is 37.3 Å². The van der Waals surface area contributed by atoms with Crippen LogP contribution in [0.3, 0.4) is 0 Å². The molecule has 0 heterocycles. The highest BCUT2D eigenvalue weighted by Crippen LogP contribution is 2.19. The van der Waals surface area contributed by atoms with Crippen molar-refractivity contribution in [2.75, 3.05) is 6.61 Å². The van der Waals surface area contributed by atoms with Crippen molar-refractivity contribution >= 4 is 5.78 Å². The third-order valence-corrected chi connectivity index (χ3v) is 2.93. The zero-order valence-corrected chi connectivity index (χ0v) is 11.0. The van der Waals surface area contributed by atoms with Gasteiger partial charge in [-0.25, -0.2) is 4.39 Å². The van der Waals surface area contributed by atoms with Crippen molar-refractivity contribution in [1.82, 2.24) is 0 Å². The van der Waals surface area contributed by atoms with E-state index in [4.69, 9.17) is 4.74 Å². The molecule has 2 aromatic rings.